The molecule has 1 heterocycles. The zero-order valence-electron chi connectivity index (χ0n) is 15.9. The molecule has 0 aliphatic carbocycles. The fraction of sp³-hybridized carbons (Fsp3) is 0.409. The molecule has 3 rings (SSSR count). The number of aromatic carboxylic acids is 1. The molecule has 26 heavy (non-hydrogen) atoms. The van der Waals surface area contributed by atoms with Gasteiger partial charge in [0.25, 0.3) is 0 Å². The zero-order chi connectivity index (χ0) is 19.1. The first-order chi connectivity index (χ1) is 12.2. The monoisotopic (exact) mass is 353 g/mol. The number of carboxylic acid groups (broad SMARTS) is 1. The molecule has 0 amide bonds. The van der Waals surface area contributed by atoms with Crippen LogP contribution in [0, 0.1) is 5.41 Å². The lowest BCUT2D eigenvalue weighted by Crippen LogP contribution is -2.63. The Hall–Kier alpha value is -2.17. The Morgan fingerprint density at radius 2 is 1.73 bits per heavy atom. The summed E-state index contributed by atoms with van der Waals surface area (Å²) in [5.41, 5.74) is 1.20. The van der Waals surface area contributed by atoms with Crippen molar-refractivity contribution in [3.05, 3.63) is 70.8 Å². The molecule has 0 radical (unpaired) electrons. The van der Waals surface area contributed by atoms with Crippen molar-refractivity contribution in [1.29, 1.82) is 0 Å². The van der Waals surface area contributed by atoms with Gasteiger partial charge in [0.2, 0.25) is 0 Å². The van der Waals surface area contributed by atoms with Crippen LogP contribution in [0.4, 0.5) is 0 Å². The Morgan fingerprint density at radius 3 is 2.23 bits per heavy atom. The maximum absolute atomic E-state index is 12.0. The number of benzene rings is 2. The van der Waals surface area contributed by atoms with E-state index in [1.165, 1.54) is 5.56 Å². The van der Waals surface area contributed by atoms with E-state index in [4.69, 9.17) is 0 Å². The lowest BCUT2D eigenvalue weighted by molar-refractivity contribution is -0.127. The topological polar surface area (TPSA) is 60.8 Å². The van der Waals surface area contributed by atoms with Crippen LogP contribution in [0.2, 0.25) is 0 Å². The summed E-state index contributed by atoms with van der Waals surface area (Å²) in [5, 5.41) is 21.3. The molecule has 2 aromatic carbocycles. The van der Waals surface area contributed by atoms with E-state index in [2.05, 4.69) is 37.8 Å². The highest BCUT2D eigenvalue weighted by molar-refractivity contribution is 5.87. The van der Waals surface area contributed by atoms with Crippen LogP contribution in [0.15, 0.2) is 48.5 Å². The average molecular weight is 353 g/mol. The minimum Gasteiger partial charge on any atom is -0.478 e. The third kappa shape index (κ3) is 2.93. The summed E-state index contributed by atoms with van der Waals surface area (Å²) in [5.74, 6) is -0.571. The van der Waals surface area contributed by atoms with Crippen molar-refractivity contribution in [3.63, 3.8) is 0 Å². The maximum Gasteiger partial charge on any atom is 0.335 e. The molecule has 4 heteroatoms. The number of aliphatic hydroxyl groups is 1. The predicted molar refractivity (Wildman–Crippen MR) is 103 cm³/mol. The van der Waals surface area contributed by atoms with Crippen LogP contribution < -0.4 is 0 Å². The van der Waals surface area contributed by atoms with E-state index in [9.17, 15) is 15.0 Å². The first kappa shape index (κ1) is 18.6. The Kier molecular flexibility index (Phi) is 4.67. The maximum atomic E-state index is 12.0. The lowest BCUT2D eigenvalue weighted by Gasteiger charge is -2.56. The highest BCUT2D eigenvalue weighted by Crippen LogP contribution is 2.50. The van der Waals surface area contributed by atoms with Crippen LogP contribution >= 0.6 is 0 Å². The van der Waals surface area contributed by atoms with Crippen molar-refractivity contribution in [2.24, 2.45) is 5.41 Å². The Bertz CT molecular complexity index is 806. The molecule has 0 saturated carbocycles. The summed E-state index contributed by atoms with van der Waals surface area (Å²) in [6.45, 7) is 7.83. The van der Waals surface area contributed by atoms with Gasteiger partial charge in [0, 0.05) is 18.5 Å². The quantitative estimate of drug-likeness (QED) is 0.860. The molecule has 2 N–H and O–H groups in total. The van der Waals surface area contributed by atoms with Crippen LogP contribution in [0.3, 0.4) is 0 Å². The SMILES string of the molecule is CC(C)c1ccc([C@](O)(c2cccc(C(=O)O)c2)C2(C)CN(C)C2)cc1. The van der Waals surface area contributed by atoms with E-state index < -0.39 is 17.0 Å². The van der Waals surface area contributed by atoms with E-state index in [1.807, 2.05) is 25.2 Å². The second-order valence-electron chi connectivity index (χ2n) is 8.11. The molecule has 1 aliphatic heterocycles. The van der Waals surface area contributed by atoms with Gasteiger partial charge < -0.3 is 15.1 Å². The van der Waals surface area contributed by atoms with Crippen molar-refractivity contribution in [1.82, 2.24) is 4.90 Å². The van der Waals surface area contributed by atoms with Gasteiger partial charge in [-0.15, -0.1) is 0 Å². The highest BCUT2D eigenvalue weighted by atomic mass is 16.4. The highest BCUT2D eigenvalue weighted by Gasteiger charge is 2.55. The van der Waals surface area contributed by atoms with Crippen molar-refractivity contribution in [3.8, 4) is 0 Å². The van der Waals surface area contributed by atoms with Gasteiger partial charge in [0.05, 0.1) is 5.56 Å². The second kappa shape index (κ2) is 6.53. The van der Waals surface area contributed by atoms with Crippen LogP contribution in [0.5, 0.6) is 0 Å². The van der Waals surface area contributed by atoms with Crippen molar-refractivity contribution >= 4 is 5.97 Å². The summed E-state index contributed by atoms with van der Waals surface area (Å²) >= 11 is 0. The van der Waals surface area contributed by atoms with Gasteiger partial charge in [-0.1, -0.05) is 57.2 Å². The number of hydrogen-bond donors (Lipinski definition) is 2. The Labute approximate surface area is 155 Å². The summed E-state index contributed by atoms with van der Waals surface area (Å²) in [6, 6.07) is 14.8. The van der Waals surface area contributed by atoms with E-state index in [0.717, 1.165) is 18.7 Å². The van der Waals surface area contributed by atoms with E-state index in [1.54, 1.807) is 18.2 Å². The van der Waals surface area contributed by atoms with E-state index >= 15 is 0 Å². The zero-order valence-corrected chi connectivity index (χ0v) is 15.9. The van der Waals surface area contributed by atoms with Gasteiger partial charge in [0.15, 0.2) is 0 Å². The van der Waals surface area contributed by atoms with Crippen LogP contribution in [-0.4, -0.2) is 41.2 Å². The number of hydrogen-bond acceptors (Lipinski definition) is 3. The fourth-order valence-electron chi connectivity index (χ4n) is 4.22. The molecule has 2 aromatic rings. The number of carboxylic acids is 1. The second-order valence-corrected chi connectivity index (χ2v) is 8.11. The standard InChI is InChI=1S/C22H27NO3/c1-15(2)16-8-10-18(11-9-16)22(26,21(3)13-23(4)14-21)19-7-5-6-17(12-19)20(24)25/h5-12,15,26H,13-14H2,1-4H3,(H,24,25)/t22-/m0/s1. The summed E-state index contributed by atoms with van der Waals surface area (Å²) in [4.78, 5) is 13.6. The molecule has 0 spiro atoms. The molecule has 0 unspecified atom stereocenters. The number of rotatable bonds is 5. The summed E-state index contributed by atoms with van der Waals surface area (Å²) in [7, 11) is 2.03. The normalized spacial score (nSPS) is 19.0. The summed E-state index contributed by atoms with van der Waals surface area (Å²) < 4.78 is 0. The minimum atomic E-state index is -1.25. The van der Waals surface area contributed by atoms with Gasteiger partial charge in [-0.2, -0.15) is 0 Å². The molecule has 0 aromatic heterocycles. The third-order valence-electron chi connectivity index (χ3n) is 5.63. The van der Waals surface area contributed by atoms with Gasteiger partial charge in [-0.25, -0.2) is 4.79 Å². The molecule has 1 atom stereocenters. The van der Waals surface area contributed by atoms with E-state index in [-0.39, 0.29) is 5.56 Å². The van der Waals surface area contributed by atoms with Gasteiger partial charge >= 0.3 is 5.97 Å². The molecule has 4 nitrogen and oxygen atoms in total. The van der Waals surface area contributed by atoms with Crippen molar-refractivity contribution in [2.75, 3.05) is 20.1 Å². The lowest BCUT2D eigenvalue weighted by atomic mass is 9.62. The number of carbonyl (C=O) groups is 1. The van der Waals surface area contributed by atoms with Gasteiger partial charge in [-0.05, 0) is 41.8 Å². The predicted octanol–water partition coefficient (Wildman–Crippen LogP) is 3.70. The molecule has 1 aliphatic rings. The largest absolute Gasteiger partial charge is 0.478 e. The summed E-state index contributed by atoms with van der Waals surface area (Å²) in [6.07, 6.45) is 0. The molecular weight excluding hydrogens is 326 g/mol. The van der Waals surface area contributed by atoms with Gasteiger partial charge in [-0.3, -0.25) is 0 Å². The molecule has 0 bridgehead atoms. The van der Waals surface area contributed by atoms with Crippen LogP contribution in [0.25, 0.3) is 0 Å². The molecular formula is C22H27NO3. The van der Waals surface area contributed by atoms with Gasteiger partial charge in [0.1, 0.15) is 5.60 Å². The molecule has 1 fully saturated rings. The third-order valence-corrected chi connectivity index (χ3v) is 5.63. The van der Waals surface area contributed by atoms with Crippen LogP contribution in [0.1, 0.15) is 53.7 Å². The van der Waals surface area contributed by atoms with Crippen molar-refractivity contribution in [2.45, 2.75) is 32.3 Å². The number of likely N-dealkylation sites (tertiary alicyclic amines) is 1. The average Bonchev–Trinajstić information content (AvgIpc) is 2.59. The Morgan fingerprint density at radius 1 is 1.12 bits per heavy atom. The Balaban J connectivity index is 2.14. The molecule has 138 valence electrons. The smallest absolute Gasteiger partial charge is 0.335 e. The fourth-order valence-corrected chi connectivity index (χ4v) is 4.22. The van der Waals surface area contributed by atoms with E-state index in [0.29, 0.717) is 11.5 Å². The molecule has 1 saturated heterocycles. The van der Waals surface area contributed by atoms with Crippen molar-refractivity contribution < 1.29 is 15.0 Å². The minimum absolute atomic E-state index is 0.191. The number of nitrogens with zero attached hydrogens (tertiary/aromatic N) is 1. The first-order valence-electron chi connectivity index (χ1n) is 9.02. The van der Waals surface area contributed by atoms with Crippen LogP contribution in [-0.2, 0) is 5.60 Å². The first-order valence-corrected chi connectivity index (χ1v) is 9.02.